The zero-order valence-electron chi connectivity index (χ0n) is 16.7. The number of benzene rings is 2. The third-order valence-corrected chi connectivity index (χ3v) is 6.08. The molecule has 144 valence electrons. The lowest BCUT2D eigenvalue weighted by molar-refractivity contribution is 0.102. The van der Waals surface area contributed by atoms with Crippen molar-refractivity contribution in [1.82, 2.24) is 9.80 Å². The molecule has 2 aromatic carbocycles. The zero-order valence-corrected chi connectivity index (χ0v) is 16.7. The van der Waals surface area contributed by atoms with Crippen LogP contribution in [0.4, 0.5) is 5.69 Å². The maximum absolute atomic E-state index is 12.6. The highest BCUT2D eigenvalue weighted by Gasteiger charge is 2.29. The molecule has 1 N–H and O–H groups in total. The smallest absolute Gasteiger partial charge is 0.255 e. The number of aryl methyl sites for hydroxylation is 2. The number of hydrogen-bond acceptors (Lipinski definition) is 3. The normalized spacial score (nSPS) is 19.8. The molecule has 1 unspecified atom stereocenters. The molecule has 2 aliphatic rings. The number of piperazine rings is 1. The first-order valence-electron chi connectivity index (χ1n) is 9.99. The summed E-state index contributed by atoms with van der Waals surface area (Å²) in [6.45, 7) is 6.48. The molecular formula is C24H27N3O. The van der Waals surface area contributed by atoms with Gasteiger partial charge in [-0.05, 0) is 67.8 Å². The first-order chi connectivity index (χ1) is 13.5. The Hall–Kier alpha value is -2.61. The predicted molar refractivity (Wildman–Crippen MR) is 114 cm³/mol. The van der Waals surface area contributed by atoms with Crippen molar-refractivity contribution in [2.75, 3.05) is 38.5 Å². The van der Waals surface area contributed by atoms with E-state index in [0.717, 1.165) is 49.4 Å². The third kappa shape index (κ3) is 3.69. The third-order valence-electron chi connectivity index (χ3n) is 6.08. The van der Waals surface area contributed by atoms with Crippen molar-refractivity contribution in [2.24, 2.45) is 0 Å². The van der Waals surface area contributed by atoms with Gasteiger partial charge in [-0.1, -0.05) is 18.1 Å². The second-order valence-corrected chi connectivity index (χ2v) is 7.94. The van der Waals surface area contributed by atoms with E-state index in [-0.39, 0.29) is 5.91 Å². The highest BCUT2D eigenvalue weighted by atomic mass is 16.1. The number of fused-ring (bicyclic) bond motifs is 1. The average molecular weight is 374 g/mol. The van der Waals surface area contributed by atoms with Gasteiger partial charge in [0.25, 0.3) is 5.91 Å². The van der Waals surface area contributed by atoms with Gasteiger partial charge in [-0.3, -0.25) is 9.69 Å². The van der Waals surface area contributed by atoms with Crippen molar-refractivity contribution in [3.05, 3.63) is 64.2 Å². The number of amides is 1. The lowest BCUT2D eigenvalue weighted by Gasteiger charge is -2.36. The van der Waals surface area contributed by atoms with Crippen LogP contribution in [0.25, 0.3) is 0 Å². The van der Waals surface area contributed by atoms with E-state index in [9.17, 15) is 4.79 Å². The maximum atomic E-state index is 12.6. The minimum atomic E-state index is -0.120. The zero-order chi connectivity index (χ0) is 19.7. The van der Waals surface area contributed by atoms with Crippen LogP contribution in [0.5, 0.6) is 0 Å². The first kappa shape index (κ1) is 18.7. The molecule has 0 bridgehead atoms. The molecule has 28 heavy (non-hydrogen) atoms. The molecule has 4 nitrogen and oxygen atoms in total. The van der Waals surface area contributed by atoms with Gasteiger partial charge in [0.2, 0.25) is 0 Å². The summed E-state index contributed by atoms with van der Waals surface area (Å²) < 4.78 is 0. The lowest BCUT2D eigenvalue weighted by atomic mass is 10.0. The Bertz CT molecular complexity index is 935. The van der Waals surface area contributed by atoms with Crippen LogP contribution in [0.3, 0.4) is 0 Å². The van der Waals surface area contributed by atoms with Gasteiger partial charge in [0.05, 0.1) is 0 Å². The molecule has 0 radical (unpaired) electrons. The van der Waals surface area contributed by atoms with Crippen molar-refractivity contribution in [2.45, 2.75) is 25.8 Å². The van der Waals surface area contributed by atoms with Crippen LogP contribution in [0.1, 0.15) is 45.1 Å². The largest absolute Gasteiger partial charge is 0.322 e. The van der Waals surface area contributed by atoms with E-state index in [1.807, 2.05) is 25.1 Å². The molecule has 1 amide bonds. The fourth-order valence-electron chi connectivity index (χ4n) is 4.31. The minimum absolute atomic E-state index is 0.120. The fourth-order valence-corrected chi connectivity index (χ4v) is 4.31. The summed E-state index contributed by atoms with van der Waals surface area (Å²) in [5.74, 6) is 2.52. The van der Waals surface area contributed by atoms with E-state index in [1.165, 1.54) is 17.5 Å². The van der Waals surface area contributed by atoms with Gasteiger partial charge in [-0.2, -0.15) is 0 Å². The monoisotopic (exact) mass is 373 g/mol. The molecule has 1 aliphatic heterocycles. The number of nitrogens with zero attached hydrogens (tertiary/aromatic N) is 2. The van der Waals surface area contributed by atoms with Crippen LogP contribution in [0, 0.1) is 19.3 Å². The number of nitrogens with one attached hydrogen (secondary N) is 1. The Morgan fingerprint density at radius 2 is 1.93 bits per heavy atom. The van der Waals surface area contributed by atoms with E-state index < -0.39 is 0 Å². The molecule has 4 heteroatoms. The Labute approximate surface area is 167 Å². The molecule has 0 saturated carbocycles. The van der Waals surface area contributed by atoms with E-state index in [1.54, 1.807) is 6.07 Å². The highest BCUT2D eigenvalue weighted by Crippen LogP contribution is 2.37. The molecule has 0 aromatic heterocycles. The molecule has 0 spiro atoms. The molecule has 4 rings (SSSR count). The first-order valence-corrected chi connectivity index (χ1v) is 9.99. The topological polar surface area (TPSA) is 35.6 Å². The highest BCUT2D eigenvalue weighted by molar-refractivity contribution is 6.04. The van der Waals surface area contributed by atoms with Gasteiger partial charge in [0, 0.05) is 49.0 Å². The SMILES string of the molecule is C#Cc1cc(C(=O)Nc2ccc3c(c2)CCC3N2CCN(C)CC2)ccc1C. The molecule has 1 saturated heterocycles. The van der Waals surface area contributed by atoms with Gasteiger partial charge < -0.3 is 10.2 Å². The summed E-state index contributed by atoms with van der Waals surface area (Å²) in [6, 6.07) is 12.4. The number of terminal acetylenes is 1. The van der Waals surface area contributed by atoms with Crippen molar-refractivity contribution in [3.8, 4) is 12.3 Å². The number of rotatable bonds is 3. The second-order valence-electron chi connectivity index (χ2n) is 7.94. The molecule has 1 atom stereocenters. The van der Waals surface area contributed by atoms with E-state index in [0.29, 0.717) is 11.6 Å². The summed E-state index contributed by atoms with van der Waals surface area (Å²) in [4.78, 5) is 17.6. The fraction of sp³-hybridized carbons (Fsp3) is 0.375. The van der Waals surface area contributed by atoms with Crippen molar-refractivity contribution in [3.63, 3.8) is 0 Å². The summed E-state index contributed by atoms with van der Waals surface area (Å²) in [7, 11) is 2.19. The quantitative estimate of drug-likeness (QED) is 0.837. The summed E-state index contributed by atoms with van der Waals surface area (Å²) in [5, 5.41) is 3.03. The van der Waals surface area contributed by atoms with E-state index >= 15 is 0 Å². The summed E-state index contributed by atoms with van der Waals surface area (Å²) in [6.07, 6.45) is 7.77. The standard InChI is InChI=1S/C24H27N3O/c1-4-18-15-20(6-5-17(18)2)24(28)25-21-8-9-22-19(16-21)7-10-23(22)27-13-11-26(3)12-14-27/h1,5-6,8-9,15-16,23H,7,10-14H2,2-3H3,(H,25,28). The summed E-state index contributed by atoms with van der Waals surface area (Å²) in [5.41, 5.74) is 5.99. The van der Waals surface area contributed by atoms with Crippen molar-refractivity contribution >= 4 is 11.6 Å². The number of likely N-dealkylation sites (N-methyl/N-ethyl adjacent to an activating group) is 1. The van der Waals surface area contributed by atoms with Crippen molar-refractivity contribution < 1.29 is 4.79 Å². The lowest BCUT2D eigenvalue weighted by Crippen LogP contribution is -2.45. The van der Waals surface area contributed by atoms with Crippen LogP contribution < -0.4 is 5.32 Å². The van der Waals surface area contributed by atoms with Gasteiger partial charge in [-0.15, -0.1) is 6.42 Å². The van der Waals surface area contributed by atoms with Crippen LogP contribution in [0.2, 0.25) is 0 Å². The molecule has 1 heterocycles. The van der Waals surface area contributed by atoms with Gasteiger partial charge in [0.15, 0.2) is 0 Å². The number of carbonyl (C=O) groups is 1. The Morgan fingerprint density at radius 3 is 2.68 bits per heavy atom. The van der Waals surface area contributed by atoms with Gasteiger partial charge >= 0.3 is 0 Å². The molecular weight excluding hydrogens is 346 g/mol. The van der Waals surface area contributed by atoms with Crippen LogP contribution >= 0.6 is 0 Å². The molecule has 2 aromatic rings. The second kappa shape index (κ2) is 7.79. The minimum Gasteiger partial charge on any atom is -0.322 e. The van der Waals surface area contributed by atoms with Crippen LogP contribution in [0.15, 0.2) is 36.4 Å². The van der Waals surface area contributed by atoms with E-state index in [2.05, 4.69) is 40.2 Å². The molecule has 1 aliphatic carbocycles. The Morgan fingerprint density at radius 1 is 1.14 bits per heavy atom. The maximum Gasteiger partial charge on any atom is 0.255 e. The Kier molecular flexibility index (Phi) is 5.21. The number of anilines is 1. The number of hydrogen-bond donors (Lipinski definition) is 1. The van der Waals surface area contributed by atoms with Crippen LogP contribution in [-0.2, 0) is 6.42 Å². The molecule has 1 fully saturated rings. The average Bonchev–Trinajstić information content (AvgIpc) is 3.12. The van der Waals surface area contributed by atoms with Crippen molar-refractivity contribution in [1.29, 1.82) is 0 Å². The predicted octanol–water partition coefficient (Wildman–Crippen LogP) is 3.46. The van der Waals surface area contributed by atoms with E-state index in [4.69, 9.17) is 6.42 Å². The van der Waals surface area contributed by atoms with Crippen LogP contribution in [-0.4, -0.2) is 48.9 Å². The van der Waals surface area contributed by atoms with Gasteiger partial charge in [0.1, 0.15) is 0 Å². The Balaban J connectivity index is 1.48. The van der Waals surface area contributed by atoms with Gasteiger partial charge in [-0.25, -0.2) is 0 Å². The number of carbonyl (C=O) groups excluding carboxylic acids is 1. The summed E-state index contributed by atoms with van der Waals surface area (Å²) >= 11 is 0.